The Hall–Kier alpha value is -0.530. The van der Waals surface area contributed by atoms with Crippen molar-refractivity contribution in [2.24, 2.45) is 11.1 Å². The van der Waals surface area contributed by atoms with Gasteiger partial charge < -0.3 is 5.21 Å². The Kier molecular flexibility index (Phi) is 2.09. The van der Waals surface area contributed by atoms with Crippen molar-refractivity contribution in [3.8, 4) is 0 Å². The van der Waals surface area contributed by atoms with Crippen molar-refractivity contribution in [3.63, 3.8) is 0 Å². The van der Waals surface area contributed by atoms with E-state index in [4.69, 9.17) is 5.21 Å². The van der Waals surface area contributed by atoms with Gasteiger partial charge in [-0.2, -0.15) is 0 Å². The van der Waals surface area contributed by atoms with Crippen LogP contribution < -0.4 is 0 Å². The minimum absolute atomic E-state index is 0.579. The van der Waals surface area contributed by atoms with Gasteiger partial charge in [0.25, 0.3) is 0 Å². The number of oxime groups is 1. The van der Waals surface area contributed by atoms with Crippen LogP contribution in [0.5, 0.6) is 0 Å². The van der Waals surface area contributed by atoms with Crippen molar-refractivity contribution in [1.29, 1.82) is 0 Å². The van der Waals surface area contributed by atoms with Gasteiger partial charge in [-0.3, -0.25) is 0 Å². The van der Waals surface area contributed by atoms with Gasteiger partial charge in [-0.25, -0.2) is 0 Å². The molecule has 1 saturated carbocycles. The Morgan fingerprint density at radius 1 is 1.44 bits per heavy atom. The van der Waals surface area contributed by atoms with Crippen LogP contribution in [0.15, 0.2) is 5.16 Å². The maximum atomic E-state index is 8.38. The molecule has 0 aliphatic heterocycles. The summed E-state index contributed by atoms with van der Waals surface area (Å²) in [6.07, 6.45) is 5.04. The molecule has 0 aromatic carbocycles. The lowest BCUT2D eigenvalue weighted by Crippen LogP contribution is -2.05. The SMILES string of the molecule is CC(=NO)C1CCCC1. The summed E-state index contributed by atoms with van der Waals surface area (Å²) in [7, 11) is 0. The number of rotatable bonds is 1. The predicted octanol–water partition coefficient (Wildman–Crippen LogP) is 2.03. The quantitative estimate of drug-likeness (QED) is 0.326. The molecule has 1 fully saturated rings. The van der Waals surface area contributed by atoms with Crippen LogP contribution in [0.3, 0.4) is 0 Å². The van der Waals surface area contributed by atoms with Gasteiger partial charge in [0.15, 0.2) is 0 Å². The molecule has 0 heterocycles. The molecule has 2 heteroatoms. The molecule has 1 aliphatic carbocycles. The molecule has 0 bridgehead atoms. The van der Waals surface area contributed by atoms with E-state index in [0.717, 1.165) is 5.71 Å². The standard InChI is InChI=1S/C7H13NO/c1-6(8-9)7-4-2-3-5-7/h7,9H,2-5H2,1H3. The summed E-state index contributed by atoms with van der Waals surface area (Å²) in [5, 5.41) is 11.6. The summed E-state index contributed by atoms with van der Waals surface area (Å²) in [5.74, 6) is 0.579. The highest BCUT2D eigenvalue weighted by Crippen LogP contribution is 2.25. The second-order valence-electron chi connectivity index (χ2n) is 2.72. The molecule has 1 aliphatic rings. The van der Waals surface area contributed by atoms with E-state index in [1.807, 2.05) is 6.92 Å². The van der Waals surface area contributed by atoms with Crippen molar-refractivity contribution in [3.05, 3.63) is 0 Å². The molecule has 0 aromatic heterocycles. The summed E-state index contributed by atoms with van der Waals surface area (Å²) < 4.78 is 0. The smallest absolute Gasteiger partial charge is 0.0570 e. The minimum Gasteiger partial charge on any atom is -0.411 e. The third kappa shape index (κ3) is 1.44. The van der Waals surface area contributed by atoms with Crippen LogP contribution in [-0.4, -0.2) is 10.9 Å². The van der Waals surface area contributed by atoms with Crippen molar-refractivity contribution in [2.75, 3.05) is 0 Å². The second-order valence-corrected chi connectivity index (χ2v) is 2.72. The average molecular weight is 127 g/mol. The third-order valence-electron chi connectivity index (χ3n) is 2.10. The van der Waals surface area contributed by atoms with Gasteiger partial charge in [0, 0.05) is 5.92 Å². The largest absolute Gasteiger partial charge is 0.411 e. The zero-order chi connectivity index (χ0) is 6.69. The van der Waals surface area contributed by atoms with Crippen LogP contribution in [0.25, 0.3) is 0 Å². The van der Waals surface area contributed by atoms with Gasteiger partial charge in [-0.05, 0) is 19.8 Å². The maximum Gasteiger partial charge on any atom is 0.0570 e. The summed E-state index contributed by atoms with van der Waals surface area (Å²) in [5.41, 5.74) is 0.910. The van der Waals surface area contributed by atoms with Crippen molar-refractivity contribution >= 4 is 5.71 Å². The highest BCUT2D eigenvalue weighted by molar-refractivity contribution is 5.83. The van der Waals surface area contributed by atoms with E-state index in [0.29, 0.717) is 5.92 Å². The predicted molar refractivity (Wildman–Crippen MR) is 36.9 cm³/mol. The molecule has 0 radical (unpaired) electrons. The summed E-state index contributed by atoms with van der Waals surface area (Å²) in [6.45, 7) is 1.90. The lowest BCUT2D eigenvalue weighted by molar-refractivity contribution is 0.314. The van der Waals surface area contributed by atoms with Gasteiger partial charge in [-0.1, -0.05) is 18.0 Å². The van der Waals surface area contributed by atoms with Crippen molar-refractivity contribution in [2.45, 2.75) is 32.6 Å². The molecule has 1 rings (SSSR count). The molecule has 52 valence electrons. The van der Waals surface area contributed by atoms with Crippen LogP contribution in [0.2, 0.25) is 0 Å². The molecule has 0 spiro atoms. The van der Waals surface area contributed by atoms with E-state index in [1.54, 1.807) is 0 Å². The second kappa shape index (κ2) is 2.85. The zero-order valence-electron chi connectivity index (χ0n) is 5.80. The van der Waals surface area contributed by atoms with E-state index in [2.05, 4.69) is 5.16 Å². The third-order valence-corrected chi connectivity index (χ3v) is 2.10. The zero-order valence-corrected chi connectivity index (χ0v) is 5.80. The van der Waals surface area contributed by atoms with Gasteiger partial charge >= 0.3 is 0 Å². The molecular weight excluding hydrogens is 114 g/mol. The summed E-state index contributed by atoms with van der Waals surface area (Å²) >= 11 is 0. The Morgan fingerprint density at radius 3 is 2.44 bits per heavy atom. The number of hydrogen-bond donors (Lipinski definition) is 1. The first kappa shape index (κ1) is 6.59. The first-order valence-corrected chi connectivity index (χ1v) is 3.53. The van der Waals surface area contributed by atoms with Gasteiger partial charge in [0.2, 0.25) is 0 Å². The average Bonchev–Trinajstić information content (AvgIpc) is 2.37. The van der Waals surface area contributed by atoms with Crippen LogP contribution in [0.1, 0.15) is 32.6 Å². The lowest BCUT2D eigenvalue weighted by atomic mass is 10.0. The molecule has 0 amide bonds. The highest BCUT2D eigenvalue weighted by atomic mass is 16.4. The number of hydrogen-bond acceptors (Lipinski definition) is 2. The Labute approximate surface area is 55.6 Å². The molecule has 0 saturated heterocycles. The molecular formula is C7H13NO. The van der Waals surface area contributed by atoms with Gasteiger partial charge in [-0.15, -0.1) is 0 Å². The fraction of sp³-hybridized carbons (Fsp3) is 0.857. The summed E-state index contributed by atoms with van der Waals surface area (Å²) in [6, 6.07) is 0. The summed E-state index contributed by atoms with van der Waals surface area (Å²) in [4.78, 5) is 0. The molecule has 0 unspecified atom stereocenters. The van der Waals surface area contributed by atoms with Crippen LogP contribution >= 0.6 is 0 Å². The van der Waals surface area contributed by atoms with Crippen LogP contribution in [-0.2, 0) is 0 Å². The van der Waals surface area contributed by atoms with E-state index >= 15 is 0 Å². The fourth-order valence-electron chi connectivity index (χ4n) is 1.43. The first-order chi connectivity index (χ1) is 4.34. The normalized spacial score (nSPS) is 23.0. The van der Waals surface area contributed by atoms with E-state index in [9.17, 15) is 0 Å². The van der Waals surface area contributed by atoms with E-state index in [1.165, 1.54) is 25.7 Å². The molecule has 0 atom stereocenters. The monoisotopic (exact) mass is 127 g/mol. The molecule has 2 nitrogen and oxygen atoms in total. The van der Waals surface area contributed by atoms with Gasteiger partial charge in [0.1, 0.15) is 0 Å². The van der Waals surface area contributed by atoms with E-state index in [-0.39, 0.29) is 0 Å². The fourth-order valence-corrected chi connectivity index (χ4v) is 1.43. The Bertz CT molecular complexity index is 114. The Balaban J connectivity index is 2.42. The molecule has 9 heavy (non-hydrogen) atoms. The van der Waals surface area contributed by atoms with Crippen molar-refractivity contribution in [1.82, 2.24) is 0 Å². The number of nitrogens with zero attached hydrogens (tertiary/aromatic N) is 1. The van der Waals surface area contributed by atoms with Crippen LogP contribution in [0.4, 0.5) is 0 Å². The maximum absolute atomic E-state index is 8.38. The molecule has 1 N–H and O–H groups in total. The van der Waals surface area contributed by atoms with E-state index < -0.39 is 0 Å². The van der Waals surface area contributed by atoms with Crippen molar-refractivity contribution < 1.29 is 5.21 Å². The van der Waals surface area contributed by atoms with Gasteiger partial charge in [0.05, 0.1) is 5.71 Å². The minimum atomic E-state index is 0.579. The lowest BCUT2D eigenvalue weighted by Gasteiger charge is -2.03. The molecule has 0 aromatic rings. The first-order valence-electron chi connectivity index (χ1n) is 3.53. The topological polar surface area (TPSA) is 32.6 Å². The Morgan fingerprint density at radius 2 is 2.00 bits per heavy atom. The highest BCUT2D eigenvalue weighted by Gasteiger charge is 2.17. The van der Waals surface area contributed by atoms with Crippen LogP contribution in [0, 0.1) is 5.92 Å².